The molecule has 2 heterocycles. The van der Waals surface area contributed by atoms with Gasteiger partial charge in [0.1, 0.15) is 16.5 Å². The zero-order valence-electron chi connectivity index (χ0n) is 14.6. The van der Waals surface area contributed by atoms with E-state index in [1.54, 1.807) is 0 Å². The molecule has 4 aromatic rings. The summed E-state index contributed by atoms with van der Waals surface area (Å²) in [6.07, 6.45) is 1.04. The molecule has 0 saturated carbocycles. The van der Waals surface area contributed by atoms with Gasteiger partial charge in [0, 0.05) is 18.4 Å². The molecule has 4 rings (SSSR count). The van der Waals surface area contributed by atoms with Crippen molar-refractivity contribution in [3.05, 3.63) is 24.3 Å². The fourth-order valence-electron chi connectivity index (χ4n) is 3.07. The van der Waals surface area contributed by atoms with Gasteiger partial charge in [-0.2, -0.15) is 0 Å². The molecule has 140 valence electrons. The van der Waals surface area contributed by atoms with E-state index in [1.807, 2.05) is 0 Å². The Morgan fingerprint density at radius 3 is 2.41 bits per heavy atom. The van der Waals surface area contributed by atoms with Crippen LogP contribution >= 0.6 is 0 Å². The average molecular weight is 391 g/mol. The normalized spacial score (nSPS) is 12.1. The van der Waals surface area contributed by atoms with E-state index in [1.165, 1.54) is 32.4 Å². The highest BCUT2D eigenvalue weighted by Crippen LogP contribution is 2.47. The summed E-state index contributed by atoms with van der Waals surface area (Å²) in [5.74, 6) is -0.256. The highest BCUT2D eigenvalue weighted by Gasteiger charge is 2.29. The van der Waals surface area contributed by atoms with Crippen LogP contribution in [0.2, 0.25) is 0 Å². The van der Waals surface area contributed by atoms with Gasteiger partial charge < -0.3 is 24.1 Å². The van der Waals surface area contributed by atoms with E-state index in [9.17, 15) is 18.6 Å². The largest absolute Gasteiger partial charge is 0.508 e. The van der Waals surface area contributed by atoms with Crippen LogP contribution in [-0.2, 0) is 9.84 Å². The van der Waals surface area contributed by atoms with Gasteiger partial charge in [0.05, 0.1) is 25.2 Å². The summed E-state index contributed by atoms with van der Waals surface area (Å²) < 4.78 is 46.2. The maximum atomic E-state index is 12.1. The van der Waals surface area contributed by atoms with Crippen molar-refractivity contribution in [3.8, 4) is 23.0 Å². The number of hydrogen-bond acceptors (Lipinski definition) is 7. The number of aromatic hydroxyl groups is 2. The van der Waals surface area contributed by atoms with Crippen molar-refractivity contribution < 1.29 is 36.9 Å². The number of phenols is 2. The Morgan fingerprint density at radius 1 is 1.04 bits per heavy atom. The van der Waals surface area contributed by atoms with E-state index >= 15 is 0 Å². The molecule has 0 aliphatic heterocycles. The molecule has 0 atom stereocenters. The van der Waals surface area contributed by atoms with E-state index < -0.39 is 9.84 Å². The summed E-state index contributed by atoms with van der Waals surface area (Å²) in [5.41, 5.74) is 0.921. The molecule has 0 bridgehead atoms. The van der Waals surface area contributed by atoms with Crippen LogP contribution < -0.4 is 9.47 Å². The Balaban J connectivity index is 2.21. The number of fused-ring (bicyclic) bond motifs is 4. The van der Waals surface area contributed by atoms with Crippen LogP contribution in [0.15, 0.2) is 38.0 Å². The standard InChI is InChI=1S/C18H14O8S/c1-23-12-7-10-16-13(26-17(10)18(24-2)15(12)20)6-9-11(25-16)4-8(19)5-14(9)27(3,21)22/h4-7H,1-3H3,(H-,19,20)/p+1. The van der Waals surface area contributed by atoms with E-state index in [0.29, 0.717) is 11.0 Å². The fraction of sp³-hybridized carbons (Fsp3) is 0.167. The zero-order chi connectivity index (χ0) is 19.5. The number of ether oxygens (including phenoxy) is 2. The Morgan fingerprint density at radius 2 is 1.78 bits per heavy atom. The van der Waals surface area contributed by atoms with E-state index in [2.05, 4.69) is 0 Å². The highest BCUT2D eigenvalue weighted by molar-refractivity contribution is 7.91. The molecule has 0 unspecified atom stereocenters. The predicted molar refractivity (Wildman–Crippen MR) is 97.4 cm³/mol. The van der Waals surface area contributed by atoms with Crippen LogP contribution in [0.5, 0.6) is 23.0 Å². The number of rotatable bonds is 3. The van der Waals surface area contributed by atoms with Crippen LogP contribution in [0.4, 0.5) is 0 Å². The van der Waals surface area contributed by atoms with Crippen molar-refractivity contribution >= 4 is 42.9 Å². The van der Waals surface area contributed by atoms with Gasteiger partial charge >= 0.3 is 11.2 Å². The van der Waals surface area contributed by atoms with Gasteiger partial charge in [-0.1, -0.05) is 0 Å². The van der Waals surface area contributed by atoms with Crippen molar-refractivity contribution in [2.24, 2.45) is 0 Å². The van der Waals surface area contributed by atoms with E-state index in [4.69, 9.17) is 18.3 Å². The summed E-state index contributed by atoms with van der Waals surface area (Å²) in [6.45, 7) is 0. The third-order valence-electron chi connectivity index (χ3n) is 4.26. The van der Waals surface area contributed by atoms with Crippen LogP contribution in [0.1, 0.15) is 0 Å². The molecule has 2 N–H and O–H groups in total. The summed E-state index contributed by atoms with van der Waals surface area (Å²) in [6, 6.07) is 5.50. The topological polar surface area (TPSA) is 118 Å². The lowest BCUT2D eigenvalue weighted by molar-refractivity contribution is 0.340. The summed E-state index contributed by atoms with van der Waals surface area (Å²) in [7, 11) is -0.863. The Bertz CT molecular complexity index is 1330. The molecule has 0 spiro atoms. The Labute approximate surface area is 153 Å². The average Bonchev–Trinajstić information content (AvgIpc) is 2.94. The second kappa shape index (κ2) is 5.65. The van der Waals surface area contributed by atoms with Gasteiger partial charge in [0.2, 0.25) is 17.1 Å². The minimum atomic E-state index is -3.63. The number of benzene rings is 2. The quantitative estimate of drug-likeness (QED) is 0.510. The minimum Gasteiger partial charge on any atom is -0.508 e. The lowest BCUT2D eigenvalue weighted by Crippen LogP contribution is -1.98. The van der Waals surface area contributed by atoms with Crippen LogP contribution in [0, 0.1) is 0 Å². The second-order valence-electron chi connectivity index (χ2n) is 6.01. The van der Waals surface area contributed by atoms with Crippen LogP contribution in [0.25, 0.3) is 33.1 Å². The second-order valence-corrected chi connectivity index (χ2v) is 7.99. The lowest BCUT2D eigenvalue weighted by Gasteiger charge is -2.07. The number of methoxy groups -OCH3 is 2. The fourth-order valence-corrected chi connectivity index (χ4v) is 3.97. The molecular formula is C18H15O8S+. The first kappa shape index (κ1) is 17.2. The molecule has 8 nitrogen and oxygen atoms in total. The third kappa shape index (κ3) is 2.50. The number of sulfone groups is 1. The van der Waals surface area contributed by atoms with Gasteiger partial charge in [-0.05, 0) is 6.07 Å². The molecule has 0 fully saturated rings. The molecule has 0 aliphatic rings. The van der Waals surface area contributed by atoms with Gasteiger partial charge in [-0.15, -0.1) is 0 Å². The minimum absolute atomic E-state index is 0.0611. The van der Waals surface area contributed by atoms with Crippen molar-refractivity contribution in [3.63, 3.8) is 0 Å². The van der Waals surface area contributed by atoms with Crippen molar-refractivity contribution in [2.75, 3.05) is 20.5 Å². The predicted octanol–water partition coefficient (Wildman–Crippen LogP) is 3.45. The highest BCUT2D eigenvalue weighted by atomic mass is 32.2. The van der Waals surface area contributed by atoms with Crippen LogP contribution in [-0.4, -0.2) is 39.1 Å². The molecule has 2 aromatic heterocycles. The molecular weight excluding hydrogens is 376 g/mol. The molecule has 0 aliphatic carbocycles. The lowest BCUT2D eigenvalue weighted by atomic mass is 10.2. The number of hydrogen-bond donors (Lipinski definition) is 2. The Kier molecular flexibility index (Phi) is 3.60. The molecule has 9 heteroatoms. The van der Waals surface area contributed by atoms with Gasteiger partial charge in [-0.3, -0.25) is 0 Å². The molecule has 0 radical (unpaired) electrons. The maximum absolute atomic E-state index is 12.1. The first-order chi connectivity index (χ1) is 12.7. The molecule has 27 heavy (non-hydrogen) atoms. The molecule has 0 saturated heterocycles. The van der Waals surface area contributed by atoms with Gasteiger partial charge in [0.25, 0.3) is 0 Å². The maximum Gasteiger partial charge on any atom is 0.406 e. The van der Waals surface area contributed by atoms with E-state index in [0.717, 1.165) is 12.3 Å². The first-order valence-electron chi connectivity index (χ1n) is 7.74. The zero-order valence-corrected chi connectivity index (χ0v) is 15.4. The third-order valence-corrected chi connectivity index (χ3v) is 5.39. The first-order valence-corrected chi connectivity index (χ1v) is 9.63. The van der Waals surface area contributed by atoms with Crippen molar-refractivity contribution in [1.29, 1.82) is 0 Å². The number of phenolic OH excluding ortho intramolecular Hbond substituents is 2. The smallest absolute Gasteiger partial charge is 0.406 e. The summed E-state index contributed by atoms with van der Waals surface area (Å²) in [4.78, 5) is -0.0870. The Hall–Kier alpha value is -3.20. The van der Waals surface area contributed by atoms with Gasteiger partial charge in [-0.25, -0.2) is 12.8 Å². The SMILES string of the molecule is COc1cc2c(oc3cc4c(S(C)(=O)=O)cc(O)cc4[o+]c32)c(OC)c1O. The number of furan rings is 1. The van der Waals surface area contributed by atoms with Gasteiger partial charge in [0.15, 0.2) is 21.2 Å². The molecule has 2 aromatic carbocycles. The summed E-state index contributed by atoms with van der Waals surface area (Å²) in [5, 5.41) is 20.8. The van der Waals surface area contributed by atoms with E-state index in [-0.39, 0.29) is 50.0 Å². The molecule has 0 amide bonds. The van der Waals surface area contributed by atoms with Crippen molar-refractivity contribution in [2.45, 2.75) is 4.90 Å². The van der Waals surface area contributed by atoms with Crippen LogP contribution in [0.3, 0.4) is 0 Å². The summed E-state index contributed by atoms with van der Waals surface area (Å²) >= 11 is 0. The monoisotopic (exact) mass is 391 g/mol. The van der Waals surface area contributed by atoms with Crippen molar-refractivity contribution in [1.82, 2.24) is 0 Å².